The molecule has 0 aliphatic carbocycles. The fourth-order valence-electron chi connectivity index (χ4n) is 3.48. The van der Waals surface area contributed by atoms with Crippen molar-refractivity contribution < 1.29 is 9.59 Å². The standard InChI is InChI=1S/C18H18ClN5O2/c19-13-4-1-2-5-14(13)24-16(25)12-15(17(24)26)22-8-10-23(11-9-22)18-20-6-3-7-21-18/h1-7,15H,8-12H2/t15-/m0/s1. The van der Waals surface area contributed by atoms with E-state index >= 15 is 0 Å². The Bertz CT molecular complexity index is 823. The van der Waals surface area contributed by atoms with E-state index in [-0.39, 0.29) is 18.2 Å². The molecule has 0 unspecified atom stereocenters. The van der Waals surface area contributed by atoms with Crippen molar-refractivity contribution >= 4 is 35.1 Å². The number of anilines is 2. The number of nitrogens with zero attached hydrogens (tertiary/aromatic N) is 5. The van der Waals surface area contributed by atoms with Crippen LogP contribution >= 0.6 is 11.6 Å². The van der Waals surface area contributed by atoms with E-state index in [2.05, 4.69) is 19.8 Å². The van der Waals surface area contributed by atoms with Gasteiger partial charge in [-0.15, -0.1) is 0 Å². The smallest absolute Gasteiger partial charge is 0.251 e. The Morgan fingerprint density at radius 2 is 1.65 bits per heavy atom. The number of carbonyl (C=O) groups excluding carboxylic acids is 2. The number of halogens is 1. The van der Waals surface area contributed by atoms with E-state index in [9.17, 15) is 9.59 Å². The van der Waals surface area contributed by atoms with Crippen molar-refractivity contribution in [3.63, 3.8) is 0 Å². The minimum absolute atomic E-state index is 0.186. The highest BCUT2D eigenvalue weighted by atomic mass is 35.5. The number of imide groups is 1. The average Bonchev–Trinajstić information content (AvgIpc) is 2.97. The Hall–Kier alpha value is -2.51. The topological polar surface area (TPSA) is 69.6 Å². The van der Waals surface area contributed by atoms with Crippen molar-refractivity contribution in [1.29, 1.82) is 0 Å². The van der Waals surface area contributed by atoms with E-state index in [4.69, 9.17) is 11.6 Å². The zero-order valence-electron chi connectivity index (χ0n) is 14.1. The van der Waals surface area contributed by atoms with Gasteiger partial charge in [0.2, 0.25) is 11.9 Å². The maximum atomic E-state index is 12.9. The third kappa shape index (κ3) is 3.04. The molecule has 8 heteroatoms. The number of hydrogen-bond donors (Lipinski definition) is 0. The van der Waals surface area contributed by atoms with E-state index in [1.54, 1.807) is 42.7 Å². The lowest BCUT2D eigenvalue weighted by molar-refractivity contribution is -0.123. The molecular formula is C18H18ClN5O2. The molecule has 0 saturated carbocycles. The van der Waals surface area contributed by atoms with Gasteiger partial charge in [0.25, 0.3) is 5.91 Å². The maximum Gasteiger partial charge on any atom is 0.251 e. The number of benzene rings is 1. The monoisotopic (exact) mass is 371 g/mol. The highest BCUT2D eigenvalue weighted by Crippen LogP contribution is 2.31. The van der Waals surface area contributed by atoms with Gasteiger partial charge in [-0.2, -0.15) is 0 Å². The predicted molar refractivity (Wildman–Crippen MR) is 98.2 cm³/mol. The second kappa shape index (κ2) is 7.01. The Labute approximate surface area is 156 Å². The molecule has 2 saturated heterocycles. The van der Waals surface area contributed by atoms with Gasteiger partial charge in [-0.05, 0) is 18.2 Å². The molecule has 1 aromatic heterocycles. The van der Waals surface area contributed by atoms with E-state index in [0.29, 0.717) is 42.8 Å². The lowest BCUT2D eigenvalue weighted by atomic mass is 10.2. The molecule has 26 heavy (non-hydrogen) atoms. The summed E-state index contributed by atoms with van der Waals surface area (Å²) in [7, 11) is 0. The average molecular weight is 372 g/mol. The number of piperazine rings is 1. The Morgan fingerprint density at radius 3 is 2.35 bits per heavy atom. The zero-order valence-corrected chi connectivity index (χ0v) is 14.8. The van der Waals surface area contributed by atoms with Gasteiger partial charge in [0.15, 0.2) is 0 Å². The second-order valence-corrected chi connectivity index (χ2v) is 6.72. The number of para-hydroxylation sites is 1. The number of carbonyl (C=O) groups is 2. The first-order chi connectivity index (χ1) is 12.6. The van der Waals surface area contributed by atoms with Crippen LogP contribution in [0.3, 0.4) is 0 Å². The molecule has 1 atom stereocenters. The Balaban J connectivity index is 1.46. The van der Waals surface area contributed by atoms with Crippen molar-refractivity contribution in [2.24, 2.45) is 0 Å². The van der Waals surface area contributed by atoms with Crippen LogP contribution in [-0.2, 0) is 9.59 Å². The van der Waals surface area contributed by atoms with Gasteiger partial charge < -0.3 is 4.90 Å². The van der Waals surface area contributed by atoms with Crippen LogP contribution in [0, 0.1) is 0 Å². The van der Waals surface area contributed by atoms with Gasteiger partial charge in [-0.1, -0.05) is 23.7 Å². The molecular weight excluding hydrogens is 354 g/mol. The quantitative estimate of drug-likeness (QED) is 0.763. The number of hydrogen-bond acceptors (Lipinski definition) is 6. The first-order valence-corrected chi connectivity index (χ1v) is 8.90. The molecule has 0 radical (unpaired) electrons. The molecule has 1 aromatic carbocycles. The zero-order chi connectivity index (χ0) is 18.1. The fourth-order valence-corrected chi connectivity index (χ4v) is 3.70. The van der Waals surface area contributed by atoms with Crippen molar-refractivity contribution in [2.45, 2.75) is 12.5 Å². The van der Waals surface area contributed by atoms with Crippen LogP contribution in [0.4, 0.5) is 11.6 Å². The first kappa shape index (κ1) is 16.9. The molecule has 2 aliphatic heterocycles. The van der Waals surface area contributed by atoms with Crippen molar-refractivity contribution in [2.75, 3.05) is 36.0 Å². The van der Waals surface area contributed by atoms with Crippen LogP contribution in [0.15, 0.2) is 42.7 Å². The molecule has 2 aliphatic rings. The van der Waals surface area contributed by atoms with Gasteiger partial charge in [-0.25, -0.2) is 14.9 Å². The molecule has 134 valence electrons. The molecule has 2 fully saturated rings. The summed E-state index contributed by atoms with van der Waals surface area (Å²) in [6, 6.07) is 8.28. The van der Waals surface area contributed by atoms with Gasteiger partial charge >= 0.3 is 0 Å². The van der Waals surface area contributed by atoms with Crippen LogP contribution in [0.25, 0.3) is 0 Å². The van der Waals surface area contributed by atoms with Gasteiger partial charge in [0.05, 0.1) is 23.2 Å². The molecule has 2 aromatic rings. The van der Waals surface area contributed by atoms with Gasteiger partial charge in [-0.3, -0.25) is 14.5 Å². The molecule has 0 bridgehead atoms. The molecule has 2 amide bonds. The third-order valence-electron chi connectivity index (χ3n) is 4.81. The summed E-state index contributed by atoms with van der Waals surface area (Å²) in [4.78, 5) is 39.3. The highest BCUT2D eigenvalue weighted by Gasteiger charge is 2.44. The summed E-state index contributed by atoms with van der Waals surface area (Å²) in [5, 5.41) is 0.404. The van der Waals surface area contributed by atoms with Crippen LogP contribution in [-0.4, -0.2) is 58.9 Å². The number of aromatic nitrogens is 2. The summed E-state index contributed by atoms with van der Waals surface area (Å²) in [5.74, 6) is 0.285. The van der Waals surface area contributed by atoms with Crippen LogP contribution < -0.4 is 9.80 Å². The summed E-state index contributed by atoms with van der Waals surface area (Å²) in [6.07, 6.45) is 3.62. The molecule has 0 spiro atoms. The van der Waals surface area contributed by atoms with E-state index in [1.165, 1.54) is 4.90 Å². The summed E-state index contributed by atoms with van der Waals surface area (Å²) >= 11 is 6.18. The van der Waals surface area contributed by atoms with Crippen molar-refractivity contribution in [3.05, 3.63) is 47.7 Å². The van der Waals surface area contributed by atoms with Crippen molar-refractivity contribution in [1.82, 2.24) is 14.9 Å². The molecule has 4 rings (SSSR count). The van der Waals surface area contributed by atoms with E-state index in [1.807, 2.05) is 0 Å². The minimum Gasteiger partial charge on any atom is -0.338 e. The van der Waals surface area contributed by atoms with Gasteiger partial charge in [0, 0.05) is 38.6 Å². The Morgan fingerprint density at radius 1 is 0.962 bits per heavy atom. The van der Waals surface area contributed by atoms with Crippen LogP contribution in [0.2, 0.25) is 5.02 Å². The lowest BCUT2D eigenvalue weighted by Gasteiger charge is -2.36. The molecule has 0 N–H and O–H groups in total. The molecule has 3 heterocycles. The lowest BCUT2D eigenvalue weighted by Crippen LogP contribution is -2.53. The summed E-state index contributed by atoms with van der Waals surface area (Å²) in [6.45, 7) is 2.79. The largest absolute Gasteiger partial charge is 0.338 e. The third-order valence-corrected chi connectivity index (χ3v) is 5.13. The second-order valence-electron chi connectivity index (χ2n) is 6.31. The van der Waals surface area contributed by atoms with Crippen LogP contribution in [0.5, 0.6) is 0 Å². The maximum absolute atomic E-state index is 12.9. The minimum atomic E-state index is -0.433. The SMILES string of the molecule is O=C1C[C@H](N2CCN(c3ncccn3)CC2)C(=O)N1c1ccccc1Cl. The highest BCUT2D eigenvalue weighted by molar-refractivity contribution is 6.36. The van der Waals surface area contributed by atoms with Gasteiger partial charge in [0.1, 0.15) is 0 Å². The predicted octanol–water partition coefficient (Wildman–Crippen LogP) is 1.58. The Kier molecular flexibility index (Phi) is 4.57. The summed E-state index contributed by atoms with van der Waals surface area (Å²) in [5.41, 5.74) is 0.461. The number of amides is 2. The normalized spacial score (nSPS) is 21.5. The first-order valence-electron chi connectivity index (χ1n) is 8.52. The summed E-state index contributed by atoms with van der Waals surface area (Å²) < 4.78 is 0. The number of rotatable bonds is 3. The fraction of sp³-hybridized carbons (Fsp3) is 0.333. The van der Waals surface area contributed by atoms with E-state index < -0.39 is 6.04 Å². The van der Waals surface area contributed by atoms with Crippen molar-refractivity contribution in [3.8, 4) is 0 Å². The van der Waals surface area contributed by atoms with Crippen LogP contribution in [0.1, 0.15) is 6.42 Å². The van der Waals surface area contributed by atoms with E-state index in [0.717, 1.165) is 0 Å². The molecule has 7 nitrogen and oxygen atoms in total.